The maximum atomic E-state index is 12.3. The van der Waals surface area contributed by atoms with Gasteiger partial charge in [0.25, 0.3) is 0 Å². The Morgan fingerprint density at radius 2 is 1.81 bits per heavy atom. The predicted molar refractivity (Wildman–Crippen MR) is 53.1 cm³/mol. The minimum Gasteiger partial charge on any atom is -0.444 e. The Bertz CT molecular complexity index is 236. The van der Waals surface area contributed by atoms with Gasteiger partial charge in [-0.15, -0.1) is 0 Å². The summed E-state index contributed by atoms with van der Waals surface area (Å²) in [6, 6.07) is -1.78. The SMILES string of the molecule is CN[C@H](CNC(=O)OC(C)(C)C)C(F)(F)F. The van der Waals surface area contributed by atoms with Gasteiger partial charge in [0.2, 0.25) is 0 Å². The summed E-state index contributed by atoms with van der Waals surface area (Å²) >= 11 is 0. The van der Waals surface area contributed by atoms with Crippen LogP contribution in [0.1, 0.15) is 20.8 Å². The Morgan fingerprint density at radius 1 is 1.31 bits per heavy atom. The molecule has 0 radical (unpaired) electrons. The lowest BCUT2D eigenvalue weighted by Gasteiger charge is -2.23. The second-order valence-electron chi connectivity index (χ2n) is 4.27. The van der Waals surface area contributed by atoms with Crippen molar-refractivity contribution < 1.29 is 22.7 Å². The smallest absolute Gasteiger partial charge is 0.407 e. The Kier molecular flexibility index (Phi) is 5.05. The largest absolute Gasteiger partial charge is 0.444 e. The number of carbonyl (C=O) groups excluding carboxylic acids is 1. The summed E-state index contributed by atoms with van der Waals surface area (Å²) in [5.74, 6) is 0. The molecule has 0 aliphatic carbocycles. The lowest BCUT2D eigenvalue weighted by Crippen LogP contribution is -2.49. The molecule has 0 aliphatic rings. The number of carbonyl (C=O) groups is 1. The molecule has 0 spiro atoms. The van der Waals surface area contributed by atoms with Gasteiger partial charge in [-0.05, 0) is 27.8 Å². The van der Waals surface area contributed by atoms with E-state index in [4.69, 9.17) is 4.74 Å². The van der Waals surface area contributed by atoms with Gasteiger partial charge in [0, 0.05) is 6.54 Å². The van der Waals surface area contributed by atoms with Gasteiger partial charge in [0.05, 0.1) is 0 Å². The number of nitrogens with one attached hydrogen (secondary N) is 2. The highest BCUT2D eigenvalue weighted by Crippen LogP contribution is 2.19. The molecule has 0 saturated heterocycles. The van der Waals surface area contributed by atoms with E-state index in [1.165, 1.54) is 7.05 Å². The normalized spacial score (nSPS) is 14.4. The van der Waals surface area contributed by atoms with Crippen LogP contribution in [0, 0.1) is 0 Å². The standard InChI is InChI=1S/C9H17F3N2O2/c1-8(2,3)16-7(15)14-5-6(13-4)9(10,11)12/h6,13H,5H2,1-4H3,(H,14,15)/t6-/m1/s1. The van der Waals surface area contributed by atoms with Crippen LogP contribution < -0.4 is 10.6 Å². The van der Waals surface area contributed by atoms with Gasteiger partial charge < -0.3 is 15.4 Å². The Morgan fingerprint density at radius 3 is 2.12 bits per heavy atom. The average Bonchev–Trinajstić information content (AvgIpc) is 1.98. The first-order valence-electron chi connectivity index (χ1n) is 4.77. The highest BCUT2D eigenvalue weighted by molar-refractivity contribution is 5.67. The molecule has 96 valence electrons. The lowest BCUT2D eigenvalue weighted by molar-refractivity contribution is -0.153. The summed E-state index contributed by atoms with van der Waals surface area (Å²) in [5, 5.41) is 4.12. The molecule has 1 atom stereocenters. The highest BCUT2D eigenvalue weighted by Gasteiger charge is 2.38. The van der Waals surface area contributed by atoms with Gasteiger partial charge in [-0.1, -0.05) is 0 Å². The summed E-state index contributed by atoms with van der Waals surface area (Å²) in [6.45, 7) is 4.33. The molecule has 0 aliphatic heterocycles. The number of ether oxygens (including phenoxy) is 1. The van der Waals surface area contributed by atoms with Crippen LogP contribution in [0.5, 0.6) is 0 Å². The van der Waals surface area contributed by atoms with Crippen molar-refractivity contribution in [2.45, 2.75) is 38.6 Å². The van der Waals surface area contributed by atoms with Crippen molar-refractivity contribution in [3.63, 3.8) is 0 Å². The summed E-state index contributed by atoms with van der Waals surface area (Å²) < 4.78 is 41.6. The van der Waals surface area contributed by atoms with E-state index in [2.05, 4.69) is 10.6 Å². The number of likely N-dealkylation sites (N-methyl/N-ethyl adjacent to an activating group) is 1. The molecule has 16 heavy (non-hydrogen) atoms. The van der Waals surface area contributed by atoms with Gasteiger partial charge in [-0.2, -0.15) is 13.2 Å². The second-order valence-corrected chi connectivity index (χ2v) is 4.27. The maximum Gasteiger partial charge on any atom is 0.407 e. The van der Waals surface area contributed by atoms with E-state index in [1.807, 2.05) is 0 Å². The second kappa shape index (κ2) is 5.38. The van der Waals surface area contributed by atoms with E-state index in [1.54, 1.807) is 20.8 Å². The number of rotatable bonds is 3. The van der Waals surface area contributed by atoms with Crippen LogP contribution in [0.25, 0.3) is 0 Å². The van der Waals surface area contributed by atoms with Gasteiger partial charge >= 0.3 is 12.3 Å². The molecular weight excluding hydrogens is 225 g/mol. The summed E-state index contributed by atoms with van der Waals surface area (Å²) in [6.07, 6.45) is -5.26. The van der Waals surface area contributed by atoms with Crippen LogP contribution in [-0.2, 0) is 4.74 Å². The van der Waals surface area contributed by atoms with Crippen molar-refractivity contribution in [3.05, 3.63) is 0 Å². The zero-order valence-corrected chi connectivity index (χ0v) is 9.73. The molecule has 0 saturated carbocycles. The van der Waals surface area contributed by atoms with Crippen molar-refractivity contribution >= 4 is 6.09 Å². The van der Waals surface area contributed by atoms with E-state index in [-0.39, 0.29) is 0 Å². The van der Waals surface area contributed by atoms with Gasteiger partial charge in [0.1, 0.15) is 11.6 Å². The van der Waals surface area contributed by atoms with E-state index in [0.717, 1.165) is 0 Å². The van der Waals surface area contributed by atoms with Crippen LogP contribution in [0.2, 0.25) is 0 Å². The van der Waals surface area contributed by atoms with Crippen LogP contribution >= 0.6 is 0 Å². The zero-order valence-electron chi connectivity index (χ0n) is 9.73. The van der Waals surface area contributed by atoms with Crippen molar-refractivity contribution in [1.29, 1.82) is 0 Å². The van der Waals surface area contributed by atoms with Gasteiger partial charge in [0.15, 0.2) is 0 Å². The zero-order chi connectivity index (χ0) is 13.0. The monoisotopic (exact) mass is 242 g/mol. The number of amides is 1. The van der Waals surface area contributed by atoms with Crippen molar-refractivity contribution in [3.8, 4) is 0 Å². The van der Waals surface area contributed by atoms with Crippen LogP contribution in [-0.4, -0.2) is 37.5 Å². The maximum absolute atomic E-state index is 12.3. The lowest BCUT2D eigenvalue weighted by atomic mass is 10.2. The summed E-state index contributed by atoms with van der Waals surface area (Å²) in [7, 11) is 1.18. The highest BCUT2D eigenvalue weighted by atomic mass is 19.4. The van der Waals surface area contributed by atoms with E-state index in [0.29, 0.717) is 0 Å². The van der Waals surface area contributed by atoms with Crippen molar-refractivity contribution in [1.82, 2.24) is 10.6 Å². The third-order valence-electron chi connectivity index (χ3n) is 1.59. The van der Waals surface area contributed by atoms with Gasteiger partial charge in [-0.3, -0.25) is 0 Å². The first kappa shape index (κ1) is 15.0. The topological polar surface area (TPSA) is 50.4 Å². The quantitative estimate of drug-likeness (QED) is 0.791. The number of halogens is 3. The Hall–Kier alpha value is -0.980. The molecule has 0 aromatic carbocycles. The molecule has 0 bridgehead atoms. The van der Waals surface area contributed by atoms with E-state index in [9.17, 15) is 18.0 Å². The summed E-state index contributed by atoms with van der Waals surface area (Å²) in [5.41, 5.74) is -0.725. The molecule has 0 heterocycles. The van der Waals surface area contributed by atoms with Crippen molar-refractivity contribution in [2.24, 2.45) is 0 Å². The molecule has 0 rings (SSSR count). The molecule has 0 unspecified atom stereocenters. The summed E-state index contributed by atoms with van der Waals surface area (Å²) in [4.78, 5) is 11.1. The fraction of sp³-hybridized carbons (Fsp3) is 0.889. The Labute approximate surface area is 92.5 Å². The van der Waals surface area contributed by atoms with Gasteiger partial charge in [-0.25, -0.2) is 4.79 Å². The third-order valence-corrected chi connectivity index (χ3v) is 1.59. The average molecular weight is 242 g/mol. The first-order valence-corrected chi connectivity index (χ1v) is 4.77. The molecule has 4 nitrogen and oxygen atoms in total. The minimum atomic E-state index is -4.40. The molecule has 0 aromatic heterocycles. The molecule has 0 aromatic rings. The minimum absolute atomic E-state index is 0.561. The van der Waals surface area contributed by atoms with Crippen LogP contribution in [0.4, 0.5) is 18.0 Å². The number of hydrogen-bond donors (Lipinski definition) is 2. The molecule has 0 fully saturated rings. The predicted octanol–water partition coefficient (Wildman–Crippen LogP) is 1.66. The molecule has 2 N–H and O–H groups in total. The number of alkyl carbamates (subject to hydrolysis) is 1. The van der Waals surface area contributed by atoms with E-state index < -0.39 is 30.5 Å². The molecule has 1 amide bonds. The fourth-order valence-corrected chi connectivity index (χ4v) is 0.881. The Balaban J connectivity index is 4.09. The number of alkyl halides is 3. The molecular formula is C9H17F3N2O2. The van der Waals surface area contributed by atoms with Crippen LogP contribution in [0.3, 0.4) is 0 Å². The first-order chi connectivity index (χ1) is 7.06. The molecule has 7 heteroatoms. The van der Waals surface area contributed by atoms with Crippen molar-refractivity contribution in [2.75, 3.05) is 13.6 Å². The van der Waals surface area contributed by atoms with E-state index >= 15 is 0 Å². The number of hydrogen-bond acceptors (Lipinski definition) is 3. The van der Waals surface area contributed by atoms with Crippen LogP contribution in [0.15, 0.2) is 0 Å². The fourth-order valence-electron chi connectivity index (χ4n) is 0.881. The third kappa shape index (κ3) is 6.49.